The van der Waals surface area contributed by atoms with Crippen molar-refractivity contribution >= 4 is 17.8 Å². The van der Waals surface area contributed by atoms with Crippen molar-refractivity contribution < 1.29 is 28.0 Å². The number of hydrogen-bond acceptors (Lipinski definition) is 5. The van der Waals surface area contributed by atoms with Gasteiger partial charge in [0.2, 0.25) is 0 Å². The Kier molecular flexibility index (Phi) is 3.36. The van der Waals surface area contributed by atoms with E-state index in [-0.39, 0.29) is 16.2 Å². The van der Waals surface area contributed by atoms with E-state index in [1.807, 2.05) is 0 Å². The molecule has 8 heteroatoms. The zero-order valence-electron chi connectivity index (χ0n) is 11.4. The molecular formula is C15H8F2N2O4. The lowest BCUT2D eigenvalue weighted by atomic mass is 10.1. The second-order valence-corrected chi connectivity index (χ2v) is 4.62. The molecule has 116 valence electrons. The monoisotopic (exact) mass is 318 g/mol. The van der Waals surface area contributed by atoms with Crippen molar-refractivity contribution in [1.29, 1.82) is 0 Å². The second-order valence-electron chi connectivity index (χ2n) is 4.62. The summed E-state index contributed by atoms with van der Waals surface area (Å²) in [6.07, 6.45) is 1.08. The number of amides is 2. The highest BCUT2D eigenvalue weighted by Crippen LogP contribution is 2.30. The molecule has 0 spiro atoms. The highest BCUT2D eigenvalue weighted by molar-refractivity contribution is 6.20. The van der Waals surface area contributed by atoms with Crippen LogP contribution in [0, 0.1) is 0 Å². The average Bonchev–Trinajstić information content (AvgIpc) is 2.81. The van der Waals surface area contributed by atoms with Gasteiger partial charge in [0.05, 0.1) is 11.1 Å². The Morgan fingerprint density at radius 1 is 1.00 bits per heavy atom. The Labute approximate surface area is 128 Å². The molecule has 0 unspecified atom stereocenters. The summed E-state index contributed by atoms with van der Waals surface area (Å²) in [6.45, 7) is 0. The van der Waals surface area contributed by atoms with Crippen LogP contribution in [-0.2, 0) is 15.6 Å². The number of rotatable bonds is 3. The van der Waals surface area contributed by atoms with Crippen LogP contribution in [0.1, 0.15) is 26.4 Å². The van der Waals surface area contributed by atoms with E-state index in [4.69, 9.17) is 0 Å². The number of imide groups is 1. The van der Waals surface area contributed by atoms with Gasteiger partial charge in [-0.25, -0.2) is 4.79 Å². The van der Waals surface area contributed by atoms with Gasteiger partial charge >= 0.3 is 11.9 Å². The number of alkyl halides is 2. The quantitative estimate of drug-likeness (QED) is 0.808. The molecule has 2 aromatic rings. The van der Waals surface area contributed by atoms with Crippen LogP contribution in [0.25, 0.3) is 0 Å². The van der Waals surface area contributed by atoms with Crippen molar-refractivity contribution in [2.24, 2.45) is 0 Å². The zero-order chi connectivity index (χ0) is 16.6. The van der Waals surface area contributed by atoms with E-state index < -0.39 is 29.4 Å². The van der Waals surface area contributed by atoms with Gasteiger partial charge in [0.25, 0.3) is 11.8 Å². The third-order valence-corrected chi connectivity index (χ3v) is 3.17. The predicted molar refractivity (Wildman–Crippen MR) is 71.2 cm³/mol. The van der Waals surface area contributed by atoms with Gasteiger partial charge in [0, 0.05) is 6.20 Å². The van der Waals surface area contributed by atoms with Gasteiger partial charge in [-0.2, -0.15) is 8.78 Å². The lowest BCUT2D eigenvalue weighted by molar-refractivity contribution is -0.198. The molecule has 0 bridgehead atoms. The fourth-order valence-electron chi connectivity index (χ4n) is 2.04. The van der Waals surface area contributed by atoms with Gasteiger partial charge in [0.1, 0.15) is 5.69 Å². The second kappa shape index (κ2) is 5.24. The van der Waals surface area contributed by atoms with Crippen LogP contribution < -0.4 is 0 Å². The van der Waals surface area contributed by atoms with Gasteiger partial charge in [-0.1, -0.05) is 23.3 Å². The van der Waals surface area contributed by atoms with Crippen LogP contribution in [-0.4, -0.2) is 27.8 Å². The molecule has 0 saturated carbocycles. The molecule has 1 aromatic heterocycles. The molecule has 23 heavy (non-hydrogen) atoms. The van der Waals surface area contributed by atoms with Crippen molar-refractivity contribution in [3.8, 4) is 0 Å². The van der Waals surface area contributed by atoms with E-state index in [0.717, 1.165) is 12.3 Å². The minimum absolute atomic E-state index is 0.0218. The smallest absolute Gasteiger partial charge is 0.323 e. The molecule has 0 atom stereocenters. The van der Waals surface area contributed by atoms with Gasteiger partial charge in [0.15, 0.2) is 0 Å². The van der Waals surface area contributed by atoms with Crippen molar-refractivity contribution in [3.63, 3.8) is 0 Å². The van der Waals surface area contributed by atoms with E-state index in [2.05, 4.69) is 9.82 Å². The minimum Gasteiger partial charge on any atom is -0.323 e. The largest absolute Gasteiger partial charge is 0.409 e. The molecule has 1 aliphatic heterocycles. The Hall–Kier alpha value is -3.16. The maximum atomic E-state index is 14.0. The number of hydroxylamine groups is 2. The number of halogens is 2. The number of benzene rings is 1. The van der Waals surface area contributed by atoms with Gasteiger partial charge in [-0.15, -0.1) is 0 Å². The summed E-state index contributed by atoms with van der Waals surface area (Å²) >= 11 is 0. The van der Waals surface area contributed by atoms with Crippen LogP contribution in [0.2, 0.25) is 0 Å². The topological polar surface area (TPSA) is 76.6 Å². The molecule has 2 heterocycles. The molecule has 0 fully saturated rings. The fourth-order valence-corrected chi connectivity index (χ4v) is 2.04. The molecular weight excluding hydrogens is 310 g/mol. The van der Waals surface area contributed by atoms with E-state index in [0.29, 0.717) is 0 Å². The standard InChI is InChI=1S/C15H8F2N2O4/c16-15(17,11-7-3-4-8-18-11)14(22)23-19-12(20)9-5-1-2-6-10(9)13(19)21/h1-8H. The highest BCUT2D eigenvalue weighted by atomic mass is 19.3. The lowest BCUT2D eigenvalue weighted by Crippen LogP contribution is -2.39. The molecule has 0 N–H and O–H groups in total. The van der Waals surface area contributed by atoms with Crippen LogP contribution >= 0.6 is 0 Å². The lowest BCUT2D eigenvalue weighted by Gasteiger charge is -2.17. The van der Waals surface area contributed by atoms with E-state index in [1.165, 1.54) is 36.4 Å². The minimum atomic E-state index is -4.10. The number of hydrogen-bond donors (Lipinski definition) is 0. The zero-order valence-corrected chi connectivity index (χ0v) is 11.4. The summed E-state index contributed by atoms with van der Waals surface area (Å²) in [6, 6.07) is 9.26. The molecule has 1 aliphatic rings. The summed E-state index contributed by atoms with van der Waals surface area (Å²) in [7, 11) is 0. The van der Waals surface area contributed by atoms with E-state index in [9.17, 15) is 23.2 Å². The summed E-state index contributed by atoms with van der Waals surface area (Å²) < 4.78 is 28.0. The SMILES string of the molecule is O=C1c2ccccc2C(=O)N1OC(=O)C(F)(F)c1ccccn1. The molecule has 0 radical (unpaired) electrons. The molecule has 0 aliphatic carbocycles. The first-order valence-electron chi connectivity index (χ1n) is 6.42. The molecule has 6 nitrogen and oxygen atoms in total. The molecule has 3 rings (SSSR count). The molecule has 2 amide bonds. The first-order chi connectivity index (χ1) is 10.9. The number of carbonyl (C=O) groups excluding carboxylic acids is 3. The first-order valence-corrected chi connectivity index (χ1v) is 6.42. The van der Waals surface area contributed by atoms with Crippen molar-refractivity contribution in [1.82, 2.24) is 10.0 Å². The highest BCUT2D eigenvalue weighted by Gasteiger charge is 2.48. The maximum Gasteiger partial charge on any atom is 0.409 e. The number of nitrogens with zero attached hydrogens (tertiary/aromatic N) is 2. The third kappa shape index (κ3) is 2.33. The van der Waals surface area contributed by atoms with Gasteiger partial charge in [-0.05, 0) is 24.3 Å². The van der Waals surface area contributed by atoms with Gasteiger partial charge in [-0.3, -0.25) is 14.6 Å². The van der Waals surface area contributed by atoms with Crippen molar-refractivity contribution in [3.05, 3.63) is 65.5 Å². The predicted octanol–water partition coefficient (Wildman–Crippen LogP) is 1.93. The summed E-state index contributed by atoms with van der Waals surface area (Å²) in [5.41, 5.74) is -0.889. The number of fused-ring (bicyclic) bond motifs is 1. The van der Waals surface area contributed by atoms with Crippen LogP contribution in [0.15, 0.2) is 48.7 Å². The normalized spacial score (nSPS) is 13.9. The number of pyridine rings is 1. The van der Waals surface area contributed by atoms with Crippen LogP contribution in [0.4, 0.5) is 8.78 Å². The summed E-state index contributed by atoms with van der Waals surface area (Å²) in [5, 5.41) is 0.0316. The van der Waals surface area contributed by atoms with Crippen LogP contribution in [0.3, 0.4) is 0 Å². The first kappa shape index (κ1) is 14.8. The van der Waals surface area contributed by atoms with Crippen LogP contribution in [0.5, 0.6) is 0 Å². The fraction of sp³-hybridized carbons (Fsp3) is 0.0667. The molecule has 0 saturated heterocycles. The van der Waals surface area contributed by atoms with E-state index in [1.54, 1.807) is 0 Å². The summed E-state index contributed by atoms with van der Waals surface area (Å²) in [5.74, 6) is -8.12. The Bertz CT molecular complexity index is 773. The Morgan fingerprint density at radius 2 is 1.57 bits per heavy atom. The third-order valence-electron chi connectivity index (χ3n) is 3.17. The van der Waals surface area contributed by atoms with Crippen molar-refractivity contribution in [2.45, 2.75) is 5.92 Å². The molecule has 1 aromatic carbocycles. The van der Waals surface area contributed by atoms with Gasteiger partial charge < -0.3 is 4.84 Å². The Balaban J connectivity index is 1.85. The Morgan fingerprint density at radius 3 is 2.09 bits per heavy atom. The number of carbonyl (C=O) groups is 3. The van der Waals surface area contributed by atoms with E-state index >= 15 is 0 Å². The maximum absolute atomic E-state index is 14.0. The average molecular weight is 318 g/mol. The summed E-state index contributed by atoms with van der Waals surface area (Å²) in [4.78, 5) is 43.4. The van der Waals surface area contributed by atoms with Crippen molar-refractivity contribution in [2.75, 3.05) is 0 Å². The number of aromatic nitrogens is 1.